The number of hydrogen-bond donors (Lipinski definition) is 0. The van der Waals surface area contributed by atoms with Gasteiger partial charge in [0.25, 0.3) is 0 Å². The van der Waals surface area contributed by atoms with Gasteiger partial charge in [0.1, 0.15) is 17.1 Å². The predicted octanol–water partition coefficient (Wildman–Crippen LogP) is 3.80. The van der Waals surface area contributed by atoms with Crippen molar-refractivity contribution >= 4 is 29.1 Å². The average molecular weight is 387 g/mol. The summed E-state index contributed by atoms with van der Waals surface area (Å²) < 4.78 is 12.8. The molecule has 3 heterocycles. The molecule has 2 aromatic heterocycles. The lowest BCUT2D eigenvalue weighted by Crippen LogP contribution is -2.11. The maximum absolute atomic E-state index is 12.1. The lowest BCUT2D eigenvalue weighted by atomic mass is 10.3. The Labute approximate surface area is 159 Å². The van der Waals surface area contributed by atoms with Gasteiger partial charge < -0.3 is 9.47 Å². The first-order valence-corrected chi connectivity index (χ1v) is 9.93. The number of nitrogens with zero attached hydrogens (tertiary/aromatic N) is 3. The monoisotopic (exact) mass is 387 g/mol. The van der Waals surface area contributed by atoms with Crippen LogP contribution in [-0.2, 0) is 9.53 Å². The van der Waals surface area contributed by atoms with E-state index in [-0.39, 0.29) is 17.3 Å². The fourth-order valence-corrected chi connectivity index (χ4v) is 4.74. The Bertz CT molecular complexity index is 924. The normalized spacial score (nSPS) is 19.5. The van der Waals surface area contributed by atoms with Crippen LogP contribution in [-0.4, -0.2) is 39.2 Å². The molecule has 1 fully saturated rings. The van der Waals surface area contributed by atoms with Gasteiger partial charge in [-0.1, -0.05) is 30.0 Å². The Morgan fingerprint density at radius 2 is 2.12 bits per heavy atom. The first kappa shape index (κ1) is 17.1. The maximum atomic E-state index is 12.1. The molecule has 0 bridgehead atoms. The third-order valence-corrected chi connectivity index (χ3v) is 6.09. The summed E-state index contributed by atoms with van der Waals surface area (Å²) in [6.07, 6.45) is 0.593. The highest BCUT2D eigenvalue weighted by atomic mass is 32.2. The molecule has 0 radical (unpaired) electrons. The second kappa shape index (κ2) is 7.13. The number of benzene rings is 1. The molecule has 26 heavy (non-hydrogen) atoms. The molecule has 1 aliphatic rings. The van der Waals surface area contributed by atoms with Crippen molar-refractivity contribution in [2.45, 2.75) is 29.9 Å². The van der Waals surface area contributed by atoms with Crippen LogP contribution in [0.1, 0.15) is 13.3 Å². The van der Waals surface area contributed by atoms with Crippen molar-refractivity contribution in [1.29, 1.82) is 0 Å². The number of para-hydroxylation sites is 2. The zero-order valence-electron chi connectivity index (χ0n) is 14.3. The SMILES string of the molecule is COc1ccccc1-n1c(S[C@H]2C[C@H](C)OC2=O)nnc1-c1cccs1. The van der Waals surface area contributed by atoms with Crippen LogP contribution in [0, 0.1) is 0 Å². The molecule has 0 spiro atoms. The van der Waals surface area contributed by atoms with Gasteiger partial charge in [0, 0.05) is 6.42 Å². The number of hydrogen-bond acceptors (Lipinski definition) is 7. The van der Waals surface area contributed by atoms with Crippen LogP contribution < -0.4 is 4.74 Å². The molecular weight excluding hydrogens is 370 g/mol. The molecule has 8 heteroatoms. The van der Waals surface area contributed by atoms with Crippen LogP contribution in [0.4, 0.5) is 0 Å². The zero-order valence-corrected chi connectivity index (χ0v) is 15.9. The van der Waals surface area contributed by atoms with Gasteiger partial charge in [0.05, 0.1) is 17.7 Å². The van der Waals surface area contributed by atoms with E-state index in [0.29, 0.717) is 17.3 Å². The summed E-state index contributed by atoms with van der Waals surface area (Å²) in [7, 11) is 1.64. The van der Waals surface area contributed by atoms with E-state index < -0.39 is 0 Å². The van der Waals surface area contributed by atoms with Crippen LogP contribution in [0.25, 0.3) is 16.4 Å². The van der Waals surface area contributed by atoms with Crippen molar-refractivity contribution in [2.75, 3.05) is 7.11 Å². The minimum atomic E-state index is -0.279. The molecule has 0 aliphatic carbocycles. The highest BCUT2D eigenvalue weighted by molar-refractivity contribution is 8.00. The highest BCUT2D eigenvalue weighted by Crippen LogP contribution is 2.37. The lowest BCUT2D eigenvalue weighted by molar-refractivity contribution is -0.140. The zero-order chi connectivity index (χ0) is 18.1. The minimum Gasteiger partial charge on any atom is -0.495 e. The Morgan fingerprint density at radius 1 is 1.27 bits per heavy atom. The minimum absolute atomic E-state index is 0.0700. The summed E-state index contributed by atoms with van der Waals surface area (Å²) in [6, 6.07) is 11.7. The van der Waals surface area contributed by atoms with E-state index in [1.54, 1.807) is 18.4 Å². The Balaban J connectivity index is 1.81. The van der Waals surface area contributed by atoms with Crippen molar-refractivity contribution in [1.82, 2.24) is 14.8 Å². The van der Waals surface area contributed by atoms with Gasteiger partial charge in [0.15, 0.2) is 11.0 Å². The second-order valence-corrected chi connectivity index (χ2v) is 8.00. The van der Waals surface area contributed by atoms with Crippen molar-refractivity contribution < 1.29 is 14.3 Å². The van der Waals surface area contributed by atoms with Gasteiger partial charge in [0.2, 0.25) is 0 Å². The number of esters is 1. The van der Waals surface area contributed by atoms with Crippen LogP contribution in [0.3, 0.4) is 0 Å². The lowest BCUT2D eigenvalue weighted by Gasteiger charge is -2.14. The first-order valence-electron chi connectivity index (χ1n) is 8.17. The largest absolute Gasteiger partial charge is 0.495 e. The maximum Gasteiger partial charge on any atom is 0.319 e. The van der Waals surface area contributed by atoms with Gasteiger partial charge in [-0.15, -0.1) is 21.5 Å². The molecule has 3 aromatic rings. The van der Waals surface area contributed by atoms with Crippen LogP contribution in [0.2, 0.25) is 0 Å². The molecule has 1 aromatic carbocycles. The van der Waals surface area contributed by atoms with E-state index in [1.807, 2.05) is 53.3 Å². The van der Waals surface area contributed by atoms with Gasteiger partial charge in [-0.3, -0.25) is 9.36 Å². The summed E-state index contributed by atoms with van der Waals surface area (Å²) in [5, 5.41) is 11.1. The molecule has 134 valence electrons. The first-order chi connectivity index (χ1) is 12.7. The van der Waals surface area contributed by atoms with E-state index in [0.717, 1.165) is 16.4 Å². The van der Waals surface area contributed by atoms with Crippen molar-refractivity contribution in [3.63, 3.8) is 0 Å². The van der Waals surface area contributed by atoms with E-state index in [1.165, 1.54) is 11.8 Å². The third-order valence-electron chi connectivity index (χ3n) is 4.07. The van der Waals surface area contributed by atoms with Crippen molar-refractivity contribution in [3.8, 4) is 22.1 Å². The standard InChI is InChI=1S/C18H17N3O3S2/c1-11-10-15(17(22)24-11)26-18-20-19-16(14-8-5-9-25-14)21(18)12-6-3-4-7-13(12)23-2/h3-9,11,15H,10H2,1-2H3/t11-,15-/m0/s1. The van der Waals surface area contributed by atoms with E-state index in [4.69, 9.17) is 9.47 Å². The van der Waals surface area contributed by atoms with Crippen LogP contribution in [0.5, 0.6) is 5.75 Å². The van der Waals surface area contributed by atoms with Crippen molar-refractivity contribution in [3.05, 3.63) is 41.8 Å². The molecule has 1 aliphatic heterocycles. The number of carbonyl (C=O) groups excluding carboxylic acids is 1. The number of aromatic nitrogens is 3. The Kier molecular flexibility index (Phi) is 4.69. The topological polar surface area (TPSA) is 66.2 Å². The Morgan fingerprint density at radius 3 is 2.81 bits per heavy atom. The van der Waals surface area contributed by atoms with E-state index >= 15 is 0 Å². The molecule has 1 saturated heterocycles. The van der Waals surface area contributed by atoms with Gasteiger partial charge in [-0.2, -0.15) is 0 Å². The summed E-state index contributed by atoms with van der Waals surface area (Å²) in [5.74, 6) is 1.25. The van der Waals surface area contributed by atoms with E-state index in [9.17, 15) is 4.79 Å². The number of cyclic esters (lactones) is 1. The number of ether oxygens (including phenoxy) is 2. The molecule has 0 saturated carbocycles. The molecule has 4 rings (SSSR count). The molecular formula is C18H17N3O3S2. The van der Waals surface area contributed by atoms with Crippen LogP contribution in [0.15, 0.2) is 46.9 Å². The molecule has 2 atom stereocenters. The smallest absolute Gasteiger partial charge is 0.319 e. The fourth-order valence-electron chi connectivity index (χ4n) is 2.89. The summed E-state index contributed by atoms with van der Waals surface area (Å²) in [5.41, 5.74) is 0.838. The van der Waals surface area contributed by atoms with Gasteiger partial charge in [-0.05, 0) is 30.5 Å². The Hall–Kier alpha value is -2.32. The molecule has 0 amide bonds. The second-order valence-electron chi connectivity index (χ2n) is 5.88. The summed E-state index contributed by atoms with van der Waals surface area (Å²) >= 11 is 2.98. The number of thioether (sulfide) groups is 1. The van der Waals surface area contributed by atoms with Gasteiger partial charge >= 0.3 is 5.97 Å². The average Bonchev–Trinajstić information content (AvgIpc) is 3.36. The molecule has 0 N–H and O–H groups in total. The fraction of sp³-hybridized carbons (Fsp3) is 0.278. The molecule has 6 nitrogen and oxygen atoms in total. The summed E-state index contributed by atoms with van der Waals surface area (Å²) in [4.78, 5) is 13.1. The number of carbonyl (C=O) groups is 1. The van der Waals surface area contributed by atoms with E-state index in [2.05, 4.69) is 10.2 Å². The summed E-state index contributed by atoms with van der Waals surface area (Å²) in [6.45, 7) is 1.90. The number of thiophene rings is 1. The number of methoxy groups -OCH3 is 1. The highest BCUT2D eigenvalue weighted by Gasteiger charge is 2.34. The quantitative estimate of drug-likeness (QED) is 0.621. The van der Waals surface area contributed by atoms with Crippen molar-refractivity contribution in [2.24, 2.45) is 0 Å². The molecule has 0 unspecified atom stereocenters. The van der Waals surface area contributed by atoms with Gasteiger partial charge in [-0.25, -0.2) is 0 Å². The predicted molar refractivity (Wildman–Crippen MR) is 101 cm³/mol. The number of rotatable bonds is 5. The van der Waals surface area contributed by atoms with Crippen LogP contribution >= 0.6 is 23.1 Å². The third kappa shape index (κ3) is 3.10.